The van der Waals surface area contributed by atoms with Gasteiger partial charge in [0.2, 0.25) is 6.29 Å². The Bertz CT molecular complexity index is 633. The second-order valence-corrected chi connectivity index (χ2v) is 8.34. The van der Waals surface area contributed by atoms with Crippen LogP contribution in [0.5, 0.6) is 0 Å². The van der Waals surface area contributed by atoms with Crippen LogP contribution in [0.15, 0.2) is 0 Å². The lowest BCUT2D eigenvalue weighted by Crippen LogP contribution is -2.60. The third kappa shape index (κ3) is 8.47. The number of aliphatic hydroxyl groups is 3. The molecule has 0 saturated carbocycles. The van der Waals surface area contributed by atoms with Crippen LogP contribution in [0, 0.1) is 0 Å². The topological polar surface area (TPSA) is 244 Å². The van der Waals surface area contributed by atoms with Crippen molar-refractivity contribution in [2.75, 3.05) is 40.6 Å². The summed E-state index contributed by atoms with van der Waals surface area (Å²) in [7, 11) is 2.77. The van der Waals surface area contributed by atoms with Crippen molar-refractivity contribution >= 4 is 5.97 Å². The Kier molecular flexibility index (Phi) is 14.6. The zero-order valence-corrected chi connectivity index (χ0v) is 20.8. The van der Waals surface area contributed by atoms with E-state index in [-0.39, 0.29) is 31.9 Å². The SMILES string of the molecule is COC1C(COCC(ON)OC2C(C)OC(COCC(=O)ON)C(OC)C2O)OC(C)C(O)C1O.O. The second-order valence-electron chi connectivity index (χ2n) is 8.34. The van der Waals surface area contributed by atoms with E-state index in [2.05, 4.69) is 4.84 Å². The van der Waals surface area contributed by atoms with Crippen LogP contribution in [-0.2, 0) is 47.6 Å². The van der Waals surface area contributed by atoms with Gasteiger partial charge in [0.05, 0.1) is 32.0 Å². The first-order valence-electron chi connectivity index (χ1n) is 11.1. The highest BCUT2D eigenvalue weighted by atomic mass is 16.8. The van der Waals surface area contributed by atoms with E-state index in [9.17, 15) is 20.1 Å². The van der Waals surface area contributed by atoms with Gasteiger partial charge in [0.25, 0.3) is 0 Å². The summed E-state index contributed by atoms with van der Waals surface area (Å²) in [5.41, 5.74) is 0. The van der Waals surface area contributed by atoms with Crippen molar-refractivity contribution in [3.05, 3.63) is 0 Å². The molecule has 0 bridgehead atoms. The fourth-order valence-corrected chi connectivity index (χ4v) is 4.14. The van der Waals surface area contributed by atoms with E-state index < -0.39 is 73.3 Å². The van der Waals surface area contributed by atoms with Crippen molar-refractivity contribution < 1.29 is 68.4 Å². The molecule has 11 atom stereocenters. The highest BCUT2D eigenvalue weighted by molar-refractivity contribution is 5.70. The van der Waals surface area contributed by atoms with E-state index in [0.717, 1.165) is 0 Å². The summed E-state index contributed by atoms with van der Waals surface area (Å²) in [5, 5.41) is 31.0. The van der Waals surface area contributed by atoms with Gasteiger partial charge in [0.15, 0.2) is 0 Å². The van der Waals surface area contributed by atoms with Gasteiger partial charge in [-0.15, -0.1) is 0 Å². The largest absolute Gasteiger partial charge is 0.412 e. The summed E-state index contributed by atoms with van der Waals surface area (Å²) in [6.45, 7) is 2.68. The first kappa shape index (κ1) is 32.9. The van der Waals surface area contributed by atoms with Crippen LogP contribution in [0.25, 0.3) is 0 Å². The second kappa shape index (κ2) is 16.0. The van der Waals surface area contributed by atoms with Crippen LogP contribution in [-0.4, -0.2) is 135 Å². The molecule has 2 aliphatic heterocycles. The lowest BCUT2D eigenvalue weighted by molar-refractivity contribution is -0.292. The monoisotopic (exact) mass is 532 g/mol. The molecule has 2 heterocycles. The molecule has 36 heavy (non-hydrogen) atoms. The molecule has 16 heteroatoms. The van der Waals surface area contributed by atoms with E-state index >= 15 is 0 Å². The van der Waals surface area contributed by atoms with E-state index in [1.165, 1.54) is 14.2 Å². The molecule has 2 rings (SSSR count). The van der Waals surface area contributed by atoms with Gasteiger partial charge in [-0.1, -0.05) is 0 Å². The van der Waals surface area contributed by atoms with Crippen LogP contribution in [0.3, 0.4) is 0 Å². The minimum Gasteiger partial charge on any atom is -0.412 e. The first-order valence-corrected chi connectivity index (χ1v) is 11.1. The maximum atomic E-state index is 11.1. The Morgan fingerprint density at radius 1 is 0.861 bits per heavy atom. The highest BCUT2D eigenvalue weighted by Crippen LogP contribution is 2.27. The summed E-state index contributed by atoms with van der Waals surface area (Å²) in [5.74, 6) is 9.36. The average Bonchev–Trinajstić information content (AvgIpc) is 2.84. The minimum atomic E-state index is -1.16. The van der Waals surface area contributed by atoms with Crippen LogP contribution < -0.4 is 11.8 Å². The third-order valence-corrected chi connectivity index (χ3v) is 5.99. The number of ether oxygens (including phenoxy) is 7. The van der Waals surface area contributed by atoms with E-state index in [1.54, 1.807) is 13.8 Å². The van der Waals surface area contributed by atoms with Crippen molar-refractivity contribution in [3.63, 3.8) is 0 Å². The lowest BCUT2D eigenvalue weighted by Gasteiger charge is -2.43. The fourth-order valence-electron chi connectivity index (χ4n) is 4.14. The Labute approximate surface area is 208 Å². The van der Waals surface area contributed by atoms with Gasteiger partial charge < -0.3 is 58.8 Å². The number of aliphatic hydroxyl groups excluding tert-OH is 3. The molecular formula is C20H40N2O14. The molecule has 16 nitrogen and oxygen atoms in total. The number of carbonyl (C=O) groups is 1. The van der Waals surface area contributed by atoms with Gasteiger partial charge in [0, 0.05) is 14.2 Å². The Morgan fingerprint density at radius 2 is 1.42 bits per heavy atom. The molecular weight excluding hydrogens is 492 g/mol. The number of methoxy groups -OCH3 is 2. The summed E-state index contributed by atoms with van der Waals surface area (Å²) >= 11 is 0. The van der Waals surface area contributed by atoms with Crippen LogP contribution in [0.1, 0.15) is 13.8 Å². The van der Waals surface area contributed by atoms with Gasteiger partial charge >= 0.3 is 5.97 Å². The number of hydrogen-bond acceptors (Lipinski definition) is 15. The number of hydrogen-bond donors (Lipinski definition) is 5. The van der Waals surface area contributed by atoms with Crippen molar-refractivity contribution in [1.82, 2.24) is 0 Å². The van der Waals surface area contributed by atoms with Gasteiger partial charge in [0.1, 0.15) is 55.4 Å². The molecule has 0 amide bonds. The fraction of sp³-hybridized carbons (Fsp3) is 0.950. The molecule has 2 saturated heterocycles. The van der Waals surface area contributed by atoms with Crippen LogP contribution >= 0.6 is 0 Å². The van der Waals surface area contributed by atoms with E-state index in [1.807, 2.05) is 0 Å². The van der Waals surface area contributed by atoms with Gasteiger partial charge in [-0.25, -0.2) is 10.7 Å². The zero-order chi connectivity index (χ0) is 26.1. The van der Waals surface area contributed by atoms with E-state index in [4.69, 9.17) is 49.8 Å². The maximum Gasteiger partial charge on any atom is 0.350 e. The van der Waals surface area contributed by atoms with Crippen LogP contribution in [0.4, 0.5) is 0 Å². The summed E-state index contributed by atoms with van der Waals surface area (Å²) < 4.78 is 38.7. The molecule has 0 radical (unpaired) electrons. The minimum absolute atomic E-state index is 0. The van der Waals surface area contributed by atoms with Crippen molar-refractivity contribution in [1.29, 1.82) is 0 Å². The predicted octanol–water partition coefficient (Wildman–Crippen LogP) is -4.10. The number of rotatable bonds is 13. The molecule has 2 aliphatic rings. The smallest absolute Gasteiger partial charge is 0.350 e. The van der Waals surface area contributed by atoms with Crippen molar-refractivity contribution in [2.45, 2.75) is 81.2 Å². The first-order chi connectivity index (χ1) is 16.7. The number of carbonyl (C=O) groups excluding carboxylic acids is 1. The van der Waals surface area contributed by atoms with Crippen molar-refractivity contribution in [2.24, 2.45) is 11.8 Å². The summed E-state index contributed by atoms with van der Waals surface area (Å²) in [6.07, 6.45) is -9.68. The summed E-state index contributed by atoms with van der Waals surface area (Å²) in [4.78, 5) is 20.0. The standard InChI is InChI=1S/C20H38N2O13.H2O/c1-9-15(24)16(25)19(27-3)11(31-9)6-30-8-14(35-22)33-18-10(2)32-12(20(28-4)17(18)26)5-29-7-13(23)34-21;/h9-12,14-20,24-26H,5-8,21-22H2,1-4H3;1H2. The number of nitrogens with two attached hydrogens (primary N) is 2. The lowest BCUT2D eigenvalue weighted by atomic mass is 9.95. The van der Waals surface area contributed by atoms with Crippen molar-refractivity contribution in [3.8, 4) is 0 Å². The summed E-state index contributed by atoms with van der Waals surface area (Å²) in [6, 6.07) is 0. The van der Waals surface area contributed by atoms with E-state index in [0.29, 0.717) is 0 Å². The molecule has 2 fully saturated rings. The predicted molar refractivity (Wildman–Crippen MR) is 118 cm³/mol. The average molecular weight is 533 g/mol. The van der Waals surface area contributed by atoms with Gasteiger partial charge in [-0.3, -0.25) is 4.84 Å². The van der Waals surface area contributed by atoms with Gasteiger partial charge in [-0.2, -0.15) is 5.90 Å². The third-order valence-electron chi connectivity index (χ3n) is 5.99. The molecule has 0 aromatic heterocycles. The highest BCUT2D eigenvalue weighted by Gasteiger charge is 2.46. The molecule has 11 unspecified atom stereocenters. The normalized spacial score (nSPS) is 37.7. The van der Waals surface area contributed by atoms with Gasteiger partial charge in [-0.05, 0) is 13.8 Å². The molecule has 0 spiro atoms. The molecule has 0 aromatic carbocycles. The molecule has 214 valence electrons. The quantitative estimate of drug-likeness (QED) is 0.112. The maximum absolute atomic E-state index is 11.1. The molecule has 0 aromatic rings. The molecule has 9 N–H and O–H groups in total. The van der Waals surface area contributed by atoms with Crippen LogP contribution in [0.2, 0.25) is 0 Å². The zero-order valence-electron chi connectivity index (χ0n) is 20.8. The molecule has 0 aliphatic carbocycles. The Morgan fingerprint density at radius 3 is 1.97 bits per heavy atom. The Balaban J connectivity index is 0.00000648. The Hall–Kier alpha value is -1.09.